The Morgan fingerprint density at radius 2 is 2.33 bits per heavy atom. The summed E-state index contributed by atoms with van der Waals surface area (Å²) >= 11 is 0. The first-order valence-electron chi connectivity index (χ1n) is 7.14. The maximum Gasteiger partial charge on any atom is 0.251 e. The molecular weight excluding hydrogens is 266 g/mol. The third kappa shape index (κ3) is 1.74. The highest BCUT2D eigenvalue weighted by atomic mass is 16.5. The van der Waals surface area contributed by atoms with Gasteiger partial charge in [-0.2, -0.15) is 0 Å². The Hall–Kier alpha value is -2.11. The van der Waals surface area contributed by atoms with E-state index in [4.69, 9.17) is 5.21 Å². The van der Waals surface area contributed by atoms with Crippen molar-refractivity contribution in [1.29, 1.82) is 0 Å². The molecule has 1 aliphatic carbocycles. The first-order valence-corrected chi connectivity index (χ1v) is 7.14. The van der Waals surface area contributed by atoms with Crippen molar-refractivity contribution in [1.82, 2.24) is 15.4 Å². The summed E-state index contributed by atoms with van der Waals surface area (Å²) in [5.74, 6) is -0.665. The van der Waals surface area contributed by atoms with E-state index in [1.807, 2.05) is 19.2 Å². The fourth-order valence-corrected chi connectivity index (χ4v) is 3.70. The number of benzene rings is 1. The van der Waals surface area contributed by atoms with Crippen LogP contribution in [0.2, 0.25) is 0 Å². The first kappa shape index (κ1) is 12.6. The van der Waals surface area contributed by atoms with Crippen molar-refractivity contribution in [3.8, 4) is 0 Å². The summed E-state index contributed by atoms with van der Waals surface area (Å²) in [5, 5.41) is 10.2. The number of hydrogen-bond donors (Lipinski definition) is 3. The second kappa shape index (κ2) is 4.44. The second-order valence-corrected chi connectivity index (χ2v) is 5.91. The summed E-state index contributed by atoms with van der Waals surface area (Å²) in [5.41, 5.74) is 6.63. The van der Waals surface area contributed by atoms with E-state index in [2.05, 4.69) is 28.2 Å². The standard InChI is InChI=1S/C16H17N3O2/c1-19-8-10(16(20)18-21)5-12-11-3-2-4-13-15(11)9(7-17-13)6-14(12)19/h2-5,7,10,14,17,21H,6,8H2,1H3,(H,18,20)/t10-,14-/m1/s1. The fourth-order valence-electron chi connectivity index (χ4n) is 3.70. The van der Waals surface area contributed by atoms with Crippen molar-refractivity contribution in [3.63, 3.8) is 0 Å². The van der Waals surface area contributed by atoms with E-state index in [1.54, 1.807) is 5.48 Å². The van der Waals surface area contributed by atoms with Crippen LogP contribution in [0, 0.1) is 5.92 Å². The molecule has 1 aromatic heterocycles. The van der Waals surface area contributed by atoms with E-state index in [-0.39, 0.29) is 11.8 Å². The zero-order valence-electron chi connectivity index (χ0n) is 11.8. The highest BCUT2D eigenvalue weighted by molar-refractivity contribution is 5.99. The number of carbonyl (C=O) groups is 1. The molecule has 0 saturated carbocycles. The van der Waals surface area contributed by atoms with E-state index < -0.39 is 0 Å². The highest BCUT2D eigenvalue weighted by Crippen LogP contribution is 2.40. The quantitative estimate of drug-likeness (QED) is 0.549. The number of H-pyrrole nitrogens is 1. The van der Waals surface area contributed by atoms with Gasteiger partial charge in [-0.25, -0.2) is 5.48 Å². The van der Waals surface area contributed by atoms with Gasteiger partial charge in [0.05, 0.1) is 5.92 Å². The van der Waals surface area contributed by atoms with Crippen LogP contribution in [0.1, 0.15) is 11.1 Å². The number of amides is 1. The predicted molar refractivity (Wildman–Crippen MR) is 79.8 cm³/mol. The third-order valence-electron chi connectivity index (χ3n) is 4.72. The fraction of sp³-hybridized carbons (Fsp3) is 0.312. The van der Waals surface area contributed by atoms with Crippen molar-refractivity contribution >= 4 is 22.4 Å². The molecule has 0 radical (unpaired) electrons. The molecular formula is C16H17N3O2. The molecule has 2 aliphatic rings. The SMILES string of the molecule is CN1C[C@H](C(=O)NO)C=C2c3cccc4[nH]cc(c34)C[C@H]21. The van der Waals surface area contributed by atoms with E-state index >= 15 is 0 Å². The van der Waals surface area contributed by atoms with Crippen LogP contribution < -0.4 is 5.48 Å². The van der Waals surface area contributed by atoms with Gasteiger partial charge in [-0.3, -0.25) is 14.9 Å². The van der Waals surface area contributed by atoms with Crippen LogP contribution in [0.25, 0.3) is 16.5 Å². The largest absolute Gasteiger partial charge is 0.361 e. The van der Waals surface area contributed by atoms with Crippen LogP contribution in [-0.2, 0) is 11.2 Å². The Labute approximate surface area is 122 Å². The lowest BCUT2D eigenvalue weighted by Gasteiger charge is -2.39. The van der Waals surface area contributed by atoms with Gasteiger partial charge >= 0.3 is 0 Å². The van der Waals surface area contributed by atoms with Gasteiger partial charge in [0.15, 0.2) is 0 Å². The topological polar surface area (TPSA) is 68.4 Å². The molecule has 4 rings (SSSR count). The average Bonchev–Trinajstić information content (AvgIpc) is 2.92. The molecule has 0 fully saturated rings. The van der Waals surface area contributed by atoms with E-state index in [0.29, 0.717) is 12.6 Å². The minimum Gasteiger partial charge on any atom is -0.361 e. The van der Waals surface area contributed by atoms with Crippen molar-refractivity contribution in [2.24, 2.45) is 5.92 Å². The number of hydroxylamine groups is 1. The molecule has 1 amide bonds. The van der Waals surface area contributed by atoms with Gasteiger partial charge in [0.25, 0.3) is 5.91 Å². The summed E-state index contributed by atoms with van der Waals surface area (Å²) in [6, 6.07) is 6.52. The maximum atomic E-state index is 11.8. The summed E-state index contributed by atoms with van der Waals surface area (Å²) in [4.78, 5) is 17.3. The molecule has 1 aromatic carbocycles. The molecule has 3 N–H and O–H groups in total. The third-order valence-corrected chi connectivity index (χ3v) is 4.72. The Balaban J connectivity index is 1.91. The summed E-state index contributed by atoms with van der Waals surface area (Å²) < 4.78 is 0. The number of rotatable bonds is 1. The van der Waals surface area contributed by atoms with E-state index in [9.17, 15) is 4.79 Å². The first-order chi connectivity index (χ1) is 10.2. The summed E-state index contributed by atoms with van der Waals surface area (Å²) in [6.07, 6.45) is 5.05. The van der Waals surface area contributed by atoms with Gasteiger partial charge in [-0.05, 0) is 36.2 Å². The van der Waals surface area contributed by atoms with E-state index in [0.717, 1.165) is 11.9 Å². The number of aromatic nitrogens is 1. The Kier molecular flexibility index (Phi) is 2.67. The Morgan fingerprint density at radius 3 is 3.14 bits per heavy atom. The number of nitrogens with one attached hydrogen (secondary N) is 2. The van der Waals surface area contributed by atoms with Crippen molar-refractivity contribution < 1.29 is 10.0 Å². The van der Waals surface area contributed by atoms with Gasteiger partial charge in [0.2, 0.25) is 0 Å². The Morgan fingerprint density at radius 1 is 1.48 bits per heavy atom. The van der Waals surface area contributed by atoms with Crippen LogP contribution in [0.4, 0.5) is 0 Å². The van der Waals surface area contributed by atoms with Crippen LogP contribution >= 0.6 is 0 Å². The maximum absolute atomic E-state index is 11.8. The minimum absolute atomic E-state index is 0.293. The smallest absolute Gasteiger partial charge is 0.251 e. The molecule has 0 saturated heterocycles. The average molecular weight is 283 g/mol. The molecule has 5 nitrogen and oxygen atoms in total. The molecule has 2 aromatic rings. The monoisotopic (exact) mass is 283 g/mol. The Bertz CT molecular complexity index is 762. The summed E-state index contributed by atoms with van der Waals surface area (Å²) in [6.45, 7) is 0.621. The molecule has 108 valence electrons. The minimum atomic E-state index is -0.347. The van der Waals surface area contributed by atoms with E-state index in [1.165, 1.54) is 22.1 Å². The molecule has 2 atom stereocenters. The van der Waals surface area contributed by atoms with Crippen molar-refractivity contribution in [3.05, 3.63) is 41.6 Å². The number of likely N-dealkylation sites (N-methyl/N-ethyl adjacent to an activating group) is 1. The number of fused-ring (bicyclic) bond motifs is 2. The van der Waals surface area contributed by atoms with Gasteiger partial charge < -0.3 is 4.98 Å². The van der Waals surface area contributed by atoms with Crippen LogP contribution in [0.3, 0.4) is 0 Å². The molecule has 0 spiro atoms. The molecule has 1 aliphatic heterocycles. The molecule has 0 bridgehead atoms. The highest BCUT2D eigenvalue weighted by Gasteiger charge is 2.35. The lowest BCUT2D eigenvalue weighted by atomic mass is 9.80. The number of hydrogen-bond acceptors (Lipinski definition) is 3. The molecule has 5 heteroatoms. The lowest BCUT2D eigenvalue weighted by molar-refractivity contribution is -0.132. The number of aromatic amines is 1. The van der Waals surface area contributed by atoms with Crippen LogP contribution in [-0.4, -0.2) is 40.6 Å². The number of carbonyl (C=O) groups excluding carboxylic acids is 1. The van der Waals surface area contributed by atoms with Gasteiger partial charge in [0.1, 0.15) is 0 Å². The van der Waals surface area contributed by atoms with Crippen molar-refractivity contribution in [2.75, 3.05) is 13.6 Å². The zero-order valence-corrected chi connectivity index (χ0v) is 11.8. The zero-order chi connectivity index (χ0) is 14.6. The lowest BCUT2D eigenvalue weighted by Crippen LogP contribution is -2.46. The molecule has 0 unspecified atom stereocenters. The summed E-state index contributed by atoms with van der Waals surface area (Å²) in [7, 11) is 2.03. The second-order valence-electron chi connectivity index (χ2n) is 5.91. The van der Waals surface area contributed by atoms with Crippen LogP contribution in [0.5, 0.6) is 0 Å². The van der Waals surface area contributed by atoms with Gasteiger partial charge in [-0.1, -0.05) is 18.2 Å². The van der Waals surface area contributed by atoms with Crippen molar-refractivity contribution in [2.45, 2.75) is 12.5 Å². The van der Waals surface area contributed by atoms with Crippen LogP contribution in [0.15, 0.2) is 30.5 Å². The number of nitrogens with zero attached hydrogens (tertiary/aromatic N) is 1. The normalized spacial score (nSPS) is 24.6. The molecule has 2 heterocycles. The van der Waals surface area contributed by atoms with Gasteiger partial charge in [-0.15, -0.1) is 0 Å². The predicted octanol–water partition coefficient (Wildman–Crippen LogP) is 1.54. The van der Waals surface area contributed by atoms with Gasteiger partial charge in [0, 0.05) is 29.7 Å². The molecule has 21 heavy (non-hydrogen) atoms.